The minimum Gasteiger partial charge on any atom is -0.508 e. The highest BCUT2D eigenvalue weighted by Gasteiger charge is 2.10. The van der Waals surface area contributed by atoms with E-state index in [0.29, 0.717) is 36.2 Å². The van der Waals surface area contributed by atoms with E-state index in [1.165, 1.54) is 0 Å². The molecule has 0 saturated heterocycles. The van der Waals surface area contributed by atoms with Gasteiger partial charge in [-0.05, 0) is 43.2 Å². The van der Waals surface area contributed by atoms with Gasteiger partial charge in [-0.25, -0.2) is 4.98 Å². The van der Waals surface area contributed by atoms with E-state index in [-0.39, 0.29) is 5.75 Å². The average Bonchev–Trinajstić information content (AvgIpc) is 2.71. The van der Waals surface area contributed by atoms with Gasteiger partial charge in [0.15, 0.2) is 5.82 Å². The second kappa shape index (κ2) is 9.08. The number of aromatic hydroxyl groups is 1. The Morgan fingerprint density at radius 3 is 2.50 bits per heavy atom. The van der Waals surface area contributed by atoms with Gasteiger partial charge in [0.2, 0.25) is 5.88 Å². The zero-order valence-electron chi connectivity index (χ0n) is 16.3. The van der Waals surface area contributed by atoms with Crippen molar-refractivity contribution in [3.8, 4) is 34.5 Å². The molecular formula is C22H24N2O4. The van der Waals surface area contributed by atoms with Crippen LogP contribution in [-0.4, -0.2) is 28.8 Å². The Labute approximate surface area is 164 Å². The summed E-state index contributed by atoms with van der Waals surface area (Å²) in [6, 6.07) is 12.7. The lowest BCUT2D eigenvalue weighted by molar-refractivity contribution is 0.291. The summed E-state index contributed by atoms with van der Waals surface area (Å²) in [4.78, 5) is 8.90. The summed E-state index contributed by atoms with van der Waals surface area (Å²) in [6.07, 6.45) is 2.59. The van der Waals surface area contributed by atoms with Crippen molar-refractivity contribution in [3.05, 3.63) is 59.8 Å². The fourth-order valence-electron chi connectivity index (χ4n) is 2.60. The molecule has 6 nitrogen and oxygen atoms in total. The molecule has 1 N–H and O–H groups in total. The van der Waals surface area contributed by atoms with Gasteiger partial charge < -0.3 is 19.3 Å². The van der Waals surface area contributed by atoms with Crippen LogP contribution in [0.5, 0.6) is 23.1 Å². The summed E-state index contributed by atoms with van der Waals surface area (Å²) in [7, 11) is 1.64. The molecular weight excluding hydrogens is 356 g/mol. The predicted octanol–water partition coefficient (Wildman–Crippen LogP) is 4.53. The van der Waals surface area contributed by atoms with Crippen LogP contribution in [0.1, 0.15) is 24.5 Å². The molecule has 0 radical (unpaired) electrons. The number of ether oxygens (including phenoxy) is 3. The Morgan fingerprint density at radius 1 is 1.00 bits per heavy atom. The molecule has 0 amide bonds. The largest absolute Gasteiger partial charge is 0.508 e. The molecule has 0 aliphatic heterocycles. The van der Waals surface area contributed by atoms with Crippen LogP contribution in [0.15, 0.2) is 48.7 Å². The van der Waals surface area contributed by atoms with E-state index in [0.717, 1.165) is 23.3 Å². The lowest BCUT2D eigenvalue weighted by Crippen LogP contribution is -2.02. The topological polar surface area (TPSA) is 73.7 Å². The molecule has 28 heavy (non-hydrogen) atoms. The van der Waals surface area contributed by atoms with Crippen LogP contribution in [0.3, 0.4) is 0 Å². The van der Waals surface area contributed by atoms with Crippen LogP contribution in [0.25, 0.3) is 11.4 Å². The van der Waals surface area contributed by atoms with Gasteiger partial charge in [-0.3, -0.25) is 0 Å². The van der Waals surface area contributed by atoms with Crippen LogP contribution in [0.2, 0.25) is 0 Å². The normalized spacial score (nSPS) is 10.5. The standard InChI is InChI=1S/C22H24N2O4/c1-4-9-27-20-11-17(10-18(25)12-20)21-23-13-15(2)22(24-21)28-14-16-5-7-19(26-3)8-6-16/h5-8,10-13,25H,4,9,14H2,1-3H3. The molecule has 3 rings (SSSR count). The Kier molecular flexibility index (Phi) is 6.32. The van der Waals surface area contributed by atoms with E-state index >= 15 is 0 Å². The zero-order chi connectivity index (χ0) is 19.9. The van der Waals surface area contributed by atoms with Crippen molar-refractivity contribution in [2.24, 2.45) is 0 Å². The first kappa shape index (κ1) is 19.5. The number of phenolic OH excluding ortho intramolecular Hbond substituents is 1. The highest BCUT2D eigenvalue weighted by Crippen LogP contribution is 2.29. The molecule has 146 valence electrons. The van der Waals surface area contributed by atoms with Gasteiger partial charge in [0, 0.05) is 23.4 Å². The highest BCUT2D eigenvalue weighted by atomic mass is 16.5. The molecule has 1 heterocycles. The maximum Gasteiger partial charge on any atom is 0.220 e. The maximum absolute atomic E-state index is 10.00. The Bertz CT molecular complexity index is 926. The van der Waals surface area contributed by atoms with Gasteiger partial charge >= 0.3 is 0 Å². The van der Waals surface area contributed by atoms with Crippen molar-refractivity contribution >= 4 is 0 Å². The molecule has 3 aromatic rings. The molecule has 0 bridgehead atoms. The van der Waals surface area contributed by atoms with Crippen LogP contribution >= 0.6 is 0 Å². The zero-order valence-corrected chi connectivity index (χ0v) is 16.3. The summed E-state index contributed by atoms with van der Waals surface area (Å²) in [5, 5.41) is 10.00. The summed E-state index contributed by atoms with van der Waals surface area (Å²) in [6.45, 7) is 4.88. The third-order valence-electron chi connectivity index (χ3n) is 4.08. The number of methoxy groups -OCH3 is 1. The van der Waals surface area contributed by atoms with Gasteiger partial charge in [0.05, 0.1) is 13.7 Å². The molecule has 0 fully saturated rings. The van der Waals surface area contributed by atoms with Crippen LogP contribution < -0.4 is 14.2 Å². The van der Waals surface area contributed by atoms with E-state index in [9.17, 15) is 5.11 Å². The van der Waals surface area contributed by atoms with E-state index in [2.05, 4.69) is 9.97 Å². The second-order valence-electron chi connectivity index (χ2n) is 6.38. The molecule has 0 aliphatic carbocycles. The number of benzene rings is 2. The first-order chi connectivity index (χ1) is 13.6. The monoisotopic (exact) mass is 380 g/mol. The summed E-state index contributed by atoms with van der Waals surface area (Å²) < 4.78 is 16.7. The van der Waals surface area contributed by atoms with Crippen LogP contribution in [0.4, 0.5) is 0 Å². The number of phenols is 1. The molecule has 0 unspecified atom stereocenters. The van der Waals surface area contributed by atoms with Gasteiger partial charge in [-0.2, -0.15) is 4.98 Å². The van der Waals surface area contributed by atoms with Crippen molar-refractivity contribution in [2.45, 2.75) is 26.9 Å². The number of rotatable bonds is 8. The molecule has 0 spiro atoms. The highest BCUT2D eigenvalue weighted by molar-refractivity contribution is 5.61. The molecule has 6 heteroatoms. The number of hydrogen-bond donors (Lipinski definition) is 1. The molecule has 2 aromatic carbocycles. The molecule has 0 atom stereocenters. The van der Waals surface area contributed by atoms with Crippen LogP contribution in [0, 0.1) is 6.92 Å². The van der Waals surface area contributed by atoms with Crippen molar-refractivity contribution in [3.63, 3.8) is 0 Å². The number of aryl methyl sites for hydroxylation is 1. The van der Waals surface area contributed by atoms with Gasteiger partial charge in [0.25, 0.3) is 0 Å². The van der Waals surface area contributed by atoms with E-state index in [1.54, 1.807) is 25.4 Å². The lowest BCUT2D eigenvalue weighted by atomic mass is 10.2. The number of aromatic nitrogens is 2. The van der Waals surface area contributed by atoms with Gasteiger partial charge in [0.1, 0.15) is 23.9 Å². The quantitative estimate of drug-likeness (QED) is 0.619. The third-order valence-corrected chi connectivity index (χ3v) is 4.08. The number of hydrogen-bond acceptors (Lipinski definition) is 6. The first-order valence-corrected chi connectivity index (χ1v) is 9.15. The Balaban J connectivity index is 1.79. The smallest absolute Gasteiger partial charge is 0.220 e. The summed E-state index contributed by atoms with van der Waals surface area (Å²) in [5.74, 6) is 2.46. The van der Waals surface area contributed by atoms with Crippen molar-refractivity contribution in [1.29, 1.82) is 0 Å². The molecule has 1 aromatic heterocycles. The van der Waals surface area contributed by atoms with Crippen LogP contribution in [-0.2, 0) is 6.61 Å². The van der Waals surface area contributed by atoms with Gasteiger partial charge in [-0.1, -0.05) is 19.1 Å². The Morgan fingerprint density at radius 2 is 1.79 bits per heavy atom. The third kappa shape index (κ3) is 4.91. The fraction of sp³-hybridized carbons (Fsp3) is 0.273. The average molecular weight is 380 g/mol. The SMILES string of the molecule is CCCOc1cc(O)cc(-c2ncc(C)c(OCc3ccc(OC)cc3)n2)c1. The summed E-state index contributed by atoms with van der Waals surface area (Å²) >= 11 is 0. The maximum atomic E-state index is 10.00. The predicted molar refractivity (Wildman–Crippen MR) is 107 cm³/mol. The van der Waals surface area contributed by atoms with Crippen molar-refractivity contribution in [1.82, 2.24) is 9.97 Å². The minimum absolute atomic E-state index is 0.105. The van der Waals surface area contributed by atoms with Crippen molar-refractivity contribution < 1.29 is 19.3 Å². The minimum atomic E-state index is 0.105. The van der Waals surface area contributed by atoms with E-state index in [4.69, 9.17) is 14.2 Å². The molecule has 0 aliphatic rings. The number of nitrogens with zero attached hydrogens (tertiary/aromatic N) is 2. The van der Waals surface area contributed by atoms with E-state index < -0.39 is 0 Å². The lowest BCUT2D eigenvalue weighted by Gasteiger charge is -2.11. The van der Waals surface area contributed by atoms with Crippen molar-refractivity contribution in [2.75, 3.05) is 13.7 Å². The second-order valence-corrected chi connectivity index (χ2v) is 6.38. The Hall–Kier alpha value is -3.28. The van der Waals surface area contributed by atoms with Gasteiger partial charge in [-0.15, -0.1) is 0 Å². The first-order valence-electron chi connectivity index (χ1n) is 9.15. The summed E-state index contributed by atoms with van der Waals surface area (Å²) in [5.41, 5.74) is 2.51. The fourth-order valence-corrected chi connectivity index (χ4v) is 2.60. The molecule has 0 saturated carbocycles. The van der Waals surface area contributed by atoms with E-state index in [1.807, 2.05) is 44.2 Å².